The van der Waals surface area contributed by atoms with Crippen LogP contribution < -0.4 is 5.32 Å². The average molecular weight is 435 g/mol. The lowest BCUT2D eigenvalue weighted by atomic mass is 10.1. The molecule has 0 saturated heterocycles. The van der Waals surface area contributed by atoms with Crippen molar-refractivity contribution < 1.29 is 23.2 Å². The topological polar surface area (TPSA) is 66.5 Å². The number of carbonyl (C=O) groups excluding carboxylic acids is 3. The Kier molecular flexibility index (Phi) is 4.30. The monoisotopic (exact) mass is 434 g/mol. The van der Waals surface area contributed by atoms with Crippen LogP contribution in [0.4, 0.5) is 8.78 Å². The molecule has 8 heteroatoms. The number of nitrogens with one attached hydrogen (secondary N) is 1. The van der Waals surface area contributed by atoms with E-state index < -0.39 is 47.9 Å². The molecule has 1 heterocycles. The van der Waals surface area contributed by atoms with Crippen LogP contribution in [0.15, 0.2) is 40.9 Å². The van der Waals surface area contributed by atoms with Gasteiger partial charge in [-0.15, -0.1) is 0 Å². The number of imide groups is 1. The van der Waals surface area contributed by atoms with E-state index in [-0.39, 0.29) is 16.7 Å². The van der Waals surface area contributed by atoms with Crippen molar-refractivity contribution in [2.24, 2.45) is 0 Å². The van der Waals surface area contributed by atoms with Gasteiger partial charge in [-0.1, -0.05) is 22.0 Å². The standard InChI is InChI=1S/C19H13BrF2N2O3/c20-9-4-5-10-11(6-9)19(27)24(18(10)26)8-16(25)23-15-7-12(15)17-13(21)2-1-3-14(17)22/h1-6,12,15H,7-8H2,(H,23,25)/t12-,15+/m1/s1. The van der Waals surface area contributed by atoms with Gasteiger partial charge in [0.1, 0.15) is 18.2 Å². The Morgan fingerprint density at radius 2 is 1.78 bits per heavy atom. The van der Waals surface area contributed by atoms with Crippen molar-refractivity contribution in [1.82, 2.24) is 10.2 Å². The number of halogens is 3. The van der Waals surface area contributed by atoms with Gasteiger partial charge in [0.05, 0.1) is 11.1 Å². The molecule has 0 spiro atoms. The summed E-state index contributed by atoms with van der Waals surface area (Å²) in [6.07, 6.45) is 0.401. The molecule has 1 N–H and O–H groups in total. The fraction of sp³-hybridized carbons (Fsp3) is 0.211. The molecule has 27 heavy (non-hydrogen) atoms. The molecule has 138 valence electrons. The van der Waals surface area contributed by atoms with E-state index in [0.29, 0.717) is 10.9 Å². The van der Waals surface area contributed by atoms with Gasteiger partial charge in [-0.2, -0.15) is 0 Å². The van der Waals surface area contributed by atoms with Crippen LogP contribution in [0.5, 0.6) is 0 Å². The van der Waals surface area contributed by atoms with Crippen LogP contribution in [0.1, 0.15) is 38.6 Å². The van der Waals surface area contributed by atoms with Crippen molar-refractivity contribution in [3.63, 3.8) is 0 Å². The molecule has 1 saturated carbocycles. The minimum Gasteiger partial charge on any atom is -0.351 e. The van der Waals surface area contributed by atoms with E-state index in [4.69, 9.17) is 0 Å². The maximum absolute atomic E-state index is 13.8. The van der Waals surface area contributed by atoms with E-state index in [1.54, 1.807) is 6.07 Å². The van der Waals surface area contributed by atoms with Crippen molar-refractivity contribution in [3.05, 3.63) is 69.2 Å². The van der Waals surface area contributed by atoms with Gasteiger partial charge in [-0.05, 0) is 36.8 Å². The number of nitrogens with zero attached hydrogens (tertiary/aromatic N) is 1. The Balaban J connectivity index is 1.42. The molecule has 0 aromatic heterocycles. The van der Waals surface area contributed by atoms with Crippen molar-refractivity contribution >= 4 is 33.7 Å². The first kappa shape index (κ1) is 17.8. The summed E-state index contributed by atoms with van der Waals surface area (Å²) in [6, 6.07) is 7.91. The maximum atomic E-state index is 13.8. The van der Waals surface area contributed by atoms with Gasteiger partial charge >= 0.3 is 0 Å². The molecular weight excluding hydrogens is 422 g/mol. The second-order valence-corrected chi connectivity index (χ2v) is 7.45. The summed E-state index contributed by atoms with van der Waals surface area (Å²) < 4.78 is 28.3. The summed E-state index contributed by atoms with van der Waals surface area (Å²) in [5.74, 6) is -3.38. The highest BCUT2D eigenvalue weighted by molar-refractivity contribution is 9.10. The molecule has 2 aliphatic rings. The lowest BCUT2D eigenvalue weighted by Gasteiger charge is -2.13. The number of hydrogen-bond acceptors (Lipinski definition) is 3. The third-order valence-electron chi connectivity index (χ3n) is 4.74. The number of amides is 3. The van der Waals surface area contributed by atoms with Crippen LogP contribution in [-0.4, -0.2) is 35.2 Å². The van der Waals surface area contributed by atoms with E-state index in [1.807, 2.05) is 0 Å². The fourth-order valence-corrected chi connectivity index (χ4v) is 3.70. The van der Waals surface area contributed by atoms with Crippen molar-refractivity contribution in [2.45, 2.75) is 18.4 Å². The Morgan fingerprint density at radius 1 is 1.11 bits per heavy atom. The van der Waals surface area contributed by atoms with Gasteiger partial charge in [0.15, 0.2) is 0 Å². The maximum Gasteiger partial charge on any atom is 0.262 e. The van der Waals surface area contributed by atoms with Crippen molar-refractivity contribution in [3.8, 4) is 0 Å². The summed E-state index contributed by atoms with van der Waals surface area (Å²) in [7, 11) is 0. The second-order valence-electron chi connectivity index (χ2n) is 6.54. The first-order valence-corrected chi connectivity index (χ1v) is 9.05. The number of fused-ring (bicyclic) bond motifs is 1. The summed E-state index contributed by atoms with van der Waals surface area (Å²) in [5.41, 5.74) is 0.432. The van der Waals surface area contributed by atoms with Gasteiger partial charge in [0.25, 0.3) is 11.8 Å². The summed E-state index contributed by atoms with van der Waals surface area (Å²) in [5, 5.41) is 2.64. The molecule has 0 radical (unpaired) electrons. The van der Waals surface area contributed by atoms with Gasteiger partial charge < -0.3 is 5.32 Å². The third-order valence-corrected chi connectivity index (χ3v) is 5.24. The van der Waals surface area contributed by atoms with Gasteiger partial charge in [0, 0.05) is 22.0 Å². The number of carbonyl (C=O) groups is 3. The zero-order valence-electron chi connectivity index (χ0n) is 13.8. The normalized spacial score (nSPS) is 20.6. The molecule has 4 rings (SSSR count). The molecule has 1 aliphatic carbocycles. The first-order chi connectivity index (χ1) is 12.9. The Bertz CT molecular complexity index is 975. The Morgan fingerprint density at radius 3 is 2.48 bits per heavy atom. The summed E-state index contributed by atoms with van der Waals surface area (Å²) in [4.78, 5) is 37.8. The van der Waals surface area contributed by atoms with Gasteiger partial charge in [-0.3, -0.25) is 19.3 Å². The van der Waals surface area contributed by atoms with Crippen LogP contribution in [0, 0.1) is 11.6 Å². The Hall–Kier alpha value is -2.61. The number of benzene rings is 2. The molecule has 0 bridgehead atoms. The Labute approximate surface area is 161 Å². The molecule has 1 aliphatic heterocycles. The van der Waals surface area contributed by atoms with E-state index in [2.05, 4.69) is 21.2 Å². The third kappa shape index (κ3) is 3.14. The minimum atomic E-state index is -0.650. The van der Waals surface area contributed by atoms with E-state index in [9.17, 15) is 23.2 Å². The van der Waals surface area contributed by atoms with Gasteiger partial charge in [-0.25, -0.2) is 8.78 Å². The quantitative estimate of drug-likeness (QED) is 0.752. The predicted octanol–water partition coefficient (Wildman–Crippen LogP) is 3.00. The van der Waals surface area contributed by atoms with Crippen LogP contribution >= 0.6 is 15.9 Å². The molecule has 3 amide bonds. The molecule has 0 unspecified atom stereocenters. The molecular formula is C19H13BrF2N2O3. The van der Waals surface area contributed by atoms with Crippen LogP contribution in [0.3, 0.4) is 0 Å². The van der Waals surface area contributed by atoms with Crippen LogP contribution in [0.2, 0.25) is 0 Å². The SMILES string of the molecule is O=C(CN1C(=O)c2ccc(Br)cc2C1=O)N[C@H]1C[C@H]1c1c(F)cccc1F. The number of rotatable bonds is 4. The van der Waals surface area contributed by atoms with Gasteiger partial charge in [0.2, 0.25) is 5.91 Å². The van der Waals surface area contributed by atoms with E-state index >= 15 is 0 Å². The molecule has 2 aromatic carbocycles. The zero-order chi connectivity index (χ0) is 19.3. The summed E-state index contributed by atoms with van der Waals surface area (Å²) in [6.45, 7) is -0.438. The smallest absolute Gasteiger partial charge is 0.262 e. The largest absolute Gasteiger partial charge is 0.351 e. The highest BCUT2D eigenvalue weighted by atomic mass is 79.9. The average Bonchev–Trinajstić information content (AvgIpc) is 3.31. The zero-order valence-corrected chi connectivity index (χ0v) is 15.4. The lowest BCUT2D eigenvalue weighted by Crippen LogP contribution is -2.41. The van der Waals surface area contributed by atoms with E-state index in [1.165, 1.54) is 30.3 Å². The van der Waals surface area contributed by atoms with Crippen LogP contribution in [-0.2, 0) is 4.79 Å². The molecule has 5 nitrogen and oxygen atoms in total. The highest BCUT2D eigenvalue weighted by Gasteiger charge is 2.44. The van der Waals surface area contributed by atoms with Crippen molar-refractivity contribution in [2.75, 3.05) is 6.54 Å². The second kappa shape index (κ2) is 6.53. The van der Waals surface area contributed by atoms with Crippen LogP contribution in [0.25, 0.3) is 0 Å². The van der Waals surface area contributed by atoms with Crippen molar-refractivity contribution in [1.29, 1.82) is 0 Å². The molecule has 1 fully saturated rings. The molecule has 2 atom stereocenters. The van der Waals surface area contributed by atoms with E-state index in [0.717, 1.165) is 4.90 Å². The number of hydrogen-bond donors (Lipinski definition) is 1. The molecule has 2 aromatic rings. The fourth-order valence-electron chi connectivity index (χ4n) is 3.34. The lowest BCUT2D eigenvalue weighted by molar-refractivity contribution is -0.121. The highest BCUT2D eigenvalue weighted by Crippen LogP contribution is 2.43. The summed E-state index contributed by atoms with van der Waals surface area (Å²) >= 11 is 3.24. The minimum absolute atomic E-state index is 0.0478. The predicted molar refractivity (Wildman–Crippen MR) is 95.2 cm³/mol. The first-order valence-electron chi connectivity index (χ1n) is 8.26.